The molecule has 2 rings (SSSR count). The fourth-order valence-electron chi connectivity index (χ4n) is 2.51. The Morgan fingerprint density at radius 1 is 1.71 bits per heavy atom. The van der Waals surface area contributed by atoms with Crippen molar-refractivity contribution in [1.82, 2.24) is 10.6 Å². The molecule has 92 valence electrons. The second-order valence-corrected chi connectivity index (χ2v) is 5.61. The van der Waals surface area contributed by atoms with Crippen molar-refractivity contribution in [2.24, 2.45) is 5.92 Å². The van der Waals surface area contributed by atoms with Gasteiger partial charge in [0.25, 0.3) is 0 Å². The van der Waals surface area contributed by atoms with Crippen LogP contribution in [0, 0.1) is 17.2 Å². The molecule has 4 heteroatoms. The monoisotopic (exact) mass is 249 g/mol. The van der Waals surface area contributed by atoms with Gasteiger partial charge in [-0.15, -0.1) is 11.3 Å². The average Bonchev–Trinajstić information content (AvgIpc) is 2.89. The first kappa shape index (κ1) is 12.6. The number of thiophene rings is 1. The SMILES string of the molecule is CCC1CNCCC1(C#N)NCc1cccs1. The van der Waals surface area contributed by atoms with Gasteiger partial charge in [0.15, 0.2) is 0 Å². The summed E-state index contributed by atoms with van der Waals surface area (Å²) in [6.07, 6.45) is 1.94. The summed E-state index contributed by atoms with van der Waals surface area (Å²) in [5, 5.41) is 18.5. The Labute approximate surface area is 107 Å². The second-order valence-electron chi connectivity index (χ2n) is 4.58. The van der Waals surface area contributed by atoms with Crippen molar-refractivity contribution in [3.63, 3.8) is 0 Å². The molecule has 1 aromatic rings. The van der Waals surface area contributed by atoms with Gasteiger partial charge < -0.3 is 5.32 Å². The van der Waals surface area contributed by atoms with E-state index in [2.05, 4.69) is 41.1 Å². The van der Waals surface area contributed by atoms with Crippen LogP contribution in [0.3, 0.4) is 0 Å². The van der Waals surface area contributed by atoms with E-state index in [1.807, 2.05) is 0 Å². The molecular weight excluding hydrogens is 230 g/mol. The van der Waals surface area contributed by atoms with E-state index < -0.39 is 0 Å². The van der Waals surface area contributed by atoms with E-state index >= 15 is 0 Å². The smallest absolute Gasteiger partial charge is 0.112 e. The molecule has 1 fully saturated rings. The van der Waals surface area contributed by atoms with Crippen LogP contribution >= 0.6 is 11.3 Å². The first-order valence-electron chi connectivity index (χ1n) is 6.20. The summed E-state index contributed by atoms with van der Waals surface area (Å²) in [7, 11) is 0. The molecule has 2 N–H and O–H groups in total. The molecule has 1 aliphatic rings. The molecule has 17 heavy (non-hydrogen) atoms. The molecule has 2 unspecified atom stereocenters. The Bertz CT molecular complexity index is 382. The number of piperidine rings is 1. The van der Waals surface area contributed by atoms with Crippen molar-refractivity contribution >= 4 is 11.3 Å². The Hall–Kier alpha value is -0.890. The lowest BCUT2D eigenvalue weighted by molar-refractivity contribution is 0.204. The molecule has 0 radical (unpaired) electrons. The van der Waals surface area contributed by atoms with Gasteiger partial charge in [0.1, 0.15) is 5.54 Å². The highest BCUT2D eigenvalue weighted by Crippen LogP contribution is 2.27. The first-order valence-corrected chi connectivity index (χ1v) is 7.08. The van der Waals surface area contributed by atoms with Crippen molar-refractivity contribution in [3.8, 4) is 6.07 Å². The van der Waals surface area contributed by atoms with Gasteiger partial charge in [-0.05, 0) is 30.8 Å². The van der Waals surface area contributed by atoms with E-state index in [9.17, 15) is 5.26 Å². The number of nitriles is 1. The van der Waals surface area contributed by atoms with Crippen LogP contribution in [-0.2, 0) is 6.54 Å². The third kappa shape index (κ3) is 2.68. The van der Waals surface area contributed by atoms with E-state index in [4.69, 9.17) is 0 Å². The molecular formula is C13H19N3S. The Kier molecular flexibility index (Phi) is 4.16. The number of hydrogen-bond donors (Lipinski definition) is 2. The second kappa shape index (κ2) is 5.63. The molecule has 0 saturated carbocycles. The van der Waals surface area contributed by atoms with Gasteiger partial charge in [-0.1, -0.05) is 13.0 Å². The van der Waals surface area contributed by atoms with Gasteiger partial charge in [-0.2, -0.15) is 5.26 Å². The van der Waals surface area contributed by atoms with Crippen molar-refractivity contribution in [2.75, 3.05) is 13.1 Å². The maximum atomic E-state index is 9.53. The predicted octanol–water partition coefficient (Wildman–Crippen LogP) is 2.12. The van der Waals surface area contributed by atoms with Crippen LogP contribution in [0.5, 0.6) is 0 Å². The van der Waals surface area contributed by atoms with Crippen molar-refractivity contribution in [2.45, 2.75) is 31.8 Å². The van der Waals surface area contributed by atoms with Crippen LogP contribution in [0.15, 0.2) is 17.5 Å². The quantitative estimate of drug-likeness (QED) is 0.859. The van der Waals surface area contributed by atoms with Gasteiger partial charge in [-0.3, -0.25) is 5.32 Å². The molecule has 3 nitrogen and oxygen atoms in total. The molecule has 0 spiro atoms. The zero-order valence-corrected chi connectivity index (χ0v) is 11.0. The molecule has 0 bridgehead atoms. The Balaban J connectivity index is 2.05. The summed E-state index contributed by atoms with van der Waals surface area (Å²) < 4.78 is 0. The summed E-state index contributed by atoms with van der Waals surface area (Å²) in [6.45, 7) is 4.85. The summed E-state index contributed by atoms with van der Waals surface area (Å²) in [6, 6.07) is 6.71. The molecule has 2 heterocycles. The zero-order chi connectivity index (χ0) is 12.1. The van der Waals surface area contributed by atoms with Gasteiger partial charge in [0.05, 0.1) is 6.07 Å². The third-order valence-corrected chi connectivity index (χ3v) is 4.51. The van der Waals surface area contributed by atoms with Gasteiger partial charge in [0.2, 0.25) is 0 Å². The summed E-state index contributed by atoms with van der Waals surface area (Å²) in [4.78, 5) is 1.30. The van der Waals surface area contributed by atoms with E-state index in [-0.39, 0.29) is 5.54 Å². The average molecular weight is 249 g/mol. The van der Waals surface area contributed by atoms with Crippen molar-refractivity contribution < 1.29 is 0 Å². The molecule has 0 aromatic carbocycles. The van der Waals surface area contributed by atoms with Crippen molar-refractivity contribution in [1.29, 1.82) is 5.26 Å². The highest BCUT2D eigenvalue weighted by atomic mass is 32.1. The summed E-state index contributed by atoms with van der Waals surface area (Å²) in [5.74, 6) is 0.404. The summed E-state index contributed by atoms with van der Waals surface area (Å²) >= 11 is 1.74. The molecule has 0 aliphatic carbocycles. The number of hydrogen-bond acceptors (Lipinski definition) is 4. The van der Waals surface area contributed by atoms with Gasteiger partial charge in [0, 0.05) is 23.9 Å². The fourth-order valence-corrected chi connectivity index (χ4v) is 3.16. The van der Waals surface area contributed by atoms with Gasteiger partial charge >= 0.3 is 0 Å². The third-order valence-electron chi connectivity index (χ3n) is 3.63. The number of nitrogens with one attached hydrogen (secondary N) is 2. The predicted molar refractivity (Wildman–Crippen MR) is 70.8 cm³/mol. The molecule has 2 atom stereocenters. The highest BCUT2D eigenvalue weighted by molar-refractivity contribution is 7.09. The minimum atomic E-state index is -0.343. The van der Waals surface area contributed by atoms with Crippen LogP contribution in [0.1, 0.15) is 24.6 Å². The van der Waals surface area contributed by atoms with Crippen LogP contribution in [0.4, 0.5) is 0 Å². The zero-order valence-electron chi connectivity index (χ0n) is 10.2. The van der Waals surface area contributed by atoms with E-state index in [1.54, 1.807) is 11.3 Å². The van der Waals surface area contributed by atoms with Crippen LogP contribution in [0.25, 0.3) is 0 Å². The first-order chi connectivity index (χ1) is 8.30. The normalized spacial score (nSPS) is 28.8. The summed E-state index contributed by atoms with van der Waals surface area (Å²) in [5.41, 5.74) is -0.343. The lowest BCUT2D eigenvalue weighted by Gasteiger charge is -2.39. The van der Waals surface area contributed by atoms with E-state index in [0.717, 1.165) is 32.5 Å². The molecule has 1 aromatic heterocycles. The standard InChI is InChI=1S/C13H19N3S/c1-2-11-8-15-6-5-13(11,10-14)16-9-12-4-3-7-17-12/h3-4,7,11,15-16H,2,5-6,8-9H2,1H3. The minimum absolute atomic E-state index is 0.343. The maximum absolute atomic E-state index is 9.53. The van der Waals surface area contributed by atoms with Gasteiger partial charge in [-0.25, -0.2) is 0 Å². The lowest BCUT2D eigenvalue weighted by Crippen LogP contribution is -2.57. The lowest BCUT2D eigenvalue weighted by atomic mass is 9.78. The number of nitrogens with zero attached hydrogens (tertiary/aromatic N) is 1. The van der Waals surface area contributed by atoms with Crippen molar-refractivity contribution in [3.05, 3.63) is 22.4 Å². The molecule has 1 saturated heterocycles. The molecule has 0 amide bonds. The number of rotatable bonds is 4. The fraction of sp³-hybridized carbons (Fsp3) is 0.615. The Morgan fingerprint density at radius 2 is 2.59 bits per heavy atom. The van der Waals surface area contributed by atoms with E-state index in [0.29, 0.717) is 5.92 Å². The van der Waals surface area contributed by atoms with Crippen LogP contribution in [-0.4, -0.2) is 18.6 Å². The highest BCUT2D eigenvalue weighted by Gasteiger charge is 2.39. The van der Waals surface area contributed by atoms with Crippen LogP contribution < -0.4 is 10.6 Å². The van der Waals surface area contributed by atoms with Crippen LogP contribution in [0.2, 0.25) is 0 Å². The minimum Gasteiger partial charge on any atom is -0.316 e. The largest absolute Gasteiger partial charge is 0.316 e. The topological polar surface area (TPSA) is 47.9 Å². The molecule has 1 aliphatic heterocycles. The Morgan fingerprint density at radius 3 is 3.24 bits per heavy atom. The maximum Gasteiger partial charge on any atom is 0.112 e. The van der Waals surface area contributed by atoms with E-state index in [1.165, 1.54) is 4.88 Å².